The van der Waals surface area contributed by atoms with Gasteiger partial charge in [0.2, 0.25) is 5.91 Å². The molecule has 0 unspecified atom stereocenters. The summed E-state index contributed by atoms with van der Waals surface area (Å²) in [6.07, 6.45) is 0.178. The van der Waals surface area contributed by atoms with Crippen LogP contribution in [-0.4, -0.2) is 5.91 Å². The lowest BCUT2D eigenvalue weighted by molar-refractivity contribution is -0.116. The summed E-state index contributed by atoms with van der Waals surface area (Å²) in [6, 6.07) is 9.20. The monoisotopic (exact) mass is 295 g/mol. The number of hydrogen-bond donors (Lipinski definition) is 0. The number of carbonyl (C=O) groups is 1. The van der Waals surface area contributed by atoms with E-state index in [1.54, 1.807) is 24.3 Å². The molecule has 0 saturated carbocycles. The van der Waals surface area contributed by atoms with Gasteiger partial charge in [-0.1, -0.05) is 23.2 Å². The fourth-order valence-corrected chi connectivity index (χ4v) is 2.76. The van der Waals surface area contributed by atoms with E-state index in [1.807, 2.05) is 0 Å². The van der Waals surface area contributed by atoms with E-state index >= 15 is 0 Å². The van der Waals surface area contributed by atoms with Gasteiger partial charge in [0.25, 0.3) is 0 Å². The number of nitrogens with zero attached hydrogens (tertiary/aromatic N) is 1. The maximum Gasteiger partial charge on any atom is 0.236 e. The second-order valence-corrected chi connectivity index (χ2v) is 5.18. The molecule has 2 aromatic carbocycles. The number of benzene rings is 2. The van der Waals surface area contributed by atoms with Crippen LogP contribution in [0.15, 0.2) is 36.4 Å². The first-order valence-corrected chi connectivity index (χ1v) is 6.38. The summed E-state index contributed by atoms with van der Waals surface area (Å²) in [5.74, 6) is -0.476. The predicted molar refractivity (Wildman–Crippen MR) is 73.7 cm³/mol. The van der Waals surface area contributed by atoms with Gasteiger partial charge in [0.05, 0.1) is 17.8 Å². The van der Waals surface area contributed by atoms with Gasteiger partial charge < -0.3 is 0 Å². The third kappa shape index (κ3) is 2.20. The fraction of sp³-hybridized carbons (Fsp3) is 0.0714. The van der Waals surface area contributed by atoms with Crippen LogP contribution in [0, 0.1) is 5.82 Å². The van der Waals surface area contributed by atoms with E-state index in [2.05, 4.69) is 0 Å². The summed E-state index contributed by atoms with van der Waals surface area (Å²) in [5, 5.41) is 0.900. The Morgan fingerprint density at radius 2 is 1.74 bits per heavy atom. The summed E-state index contributed by atoms with van der Waals surface area (Å²) in [4.78, 5) is 13.6. The molecule has 0 aromatic heterocycles. The van der Waals surface area contributed by atoms with Crippen LogP contribution in [0.3, 0.4) is 0 Å². The van der Waals surface area contributed by atoms with Gasteiger partial charge in [-0.2, -0.15) is 0 Å². The molecule has 0 atom stereocenters. The second-order valence-electron chi connectivity index (χ2n) is 4.31. The molecule has 0 fully saturated rings. The van der Waals surface area contributed by atoms with E-state index in [0.29, 0.717) is 27.0 Å². The SMILES string of the molecule is O=C1Cc2cc(F)ccc2N1c1cc(Cl)cc(Cl)c1. The van der Waals surface area contributed by atoms with Crippen LogP contribution in [0.4, 0.5) is 15.8 Å². The predicted octanol–water partition coefficient (Wildman–Crippen LogP) is 4.35. The summed E-state index contributed by atoms with van der Waals surface area (Å²) >= 11 is 11.9. The molecule has 0 bridgehead atoms. The fourth-order valence-electron chi connectivity index (χ4n) is 2.24. The van der Waals surface area contributed by atoms with Crippen LogP contribution in [0.5, 0.6) is 0 Å². The quantitative estimate of drug-likeness (QED) is 0.766. The van der Waals surface area contributed by atoms with Gasteiger partial charge in [0.1, 0.15) is 5.82 Å². The van der Waals surface area contributed by atoms with Crippen molar-refractivity contribution in [2.45, 2.75) is 6.42 Å². The molecular formula is C14H8Cl2FNO. The standard InChI is InChI=1S/C14H8Cl2FNO/c15-9-5-10(16)7-12(6-9)18-13-2-1-11(17)3-8(13)4-14(18)19/h1-3,5-7H,4H2. The van der Waals surface area contributed by atoms with E-state index in [4.69, 9.17) is 23.2 Å². The third-order valence-electron chi connectivity index (χ3n) is 2.98. The molecule has 2 nitrogen and oxygen atoms in total. The van der Waals surface area contributed by atoms with Gasteiger partial charge in [0.15, 0.2) is 0 Å². The molecule has 1 amide bonds. The Kier molecular flexibility index (Phi) is 2.96. The first kappa shape index (κ1) is 12.5. The maximum absolute atomic E-state index is 13.2. The van der Waals surface area contributed by atoms with Crippen LogP contribution in [0.2, 0.25) is 10.0 Å². The van der Waals surface area contributed by atoms with E-state index < -0.39 is 0 Å². The van der Waals surface area contributed by atoms with E-state index in [9.17, 15) is 9.18 Å². The van der Waals surface area contributed by atoms with Crippen LogP contribution in [0.1, 0.15) is 5.56 Å². The van der Waals surface area contributed by atoms with Gasteiger partial charge >= 0.3 is 0 Å². The van der Waals surface area contributed by atoms with Crippen LogP contribution in [-0.2, 0) is 11.2 Å². The Labute approximate surface area is 119 Å². The zero-order chi connectivity index (χ0) is 13.6. The van der Waals surface area contributed by atoms with Crippen molar-refractivity contribution in [3.8, 4) is 0 Å². The molecule has 1 heterocycles. The number of amides is 1. The zero-order valence-corrected chi connectivity index (χ0v) is 11.2. The largest absolute Gasteiger partial charge is 0.280 e. The van der Waals surface area contributed by atoms with Crippen LogP contribution < -0.4 is 4.90 Å². The number of halogens is 3. The highest BCUT2D eigenvalue weighted by molar-refractivity contribution is 6.35. The van der Waals surface area contributed by atoms with Gasteiger partial charge in [-0.05, 0) is 42.0 Å². The highest BCUT2D eigenvalue weighted by Gasteiger charge is 2.29. The molecule has 1 aliphatic rings. The zero-order valence-electron chi connectivity index (χ0n) is 9.66. The number of carbonyl (C=O) groups excluding carboxylic acids is 1. The summed E-state index contributed by atoms with van der Waals surface area (Å²) in [7, 11) is 0. The van der Waals surface area contributed by atoms with Crippen molar-refractivity contribution >= 4 is 40.5 Å². The lowest BCUT2D eigenvalue weighted by Gasteiger charge is -2.18. The molecule has 19 heavy (non-hydrogen) atoms. The normalized spacial score (nSPS) is 13.8. The molecule has 1 aliphatic heterocycles. The number of rotatable bonds is 1. The Balaban J connectivity index is 2.14. The Hall–Kier alpha value is -1.58. The minimum atomic E-state index is -0.350. The molecular weight excluding hydrogens is 288 g/mol. The molecule has 0 spiro atoms. The van der Waals surface area contributed by atoms with Crippen molar-refractivity contribution in [1.29, 1.82) is 0 Å². The molecule has 2 aromatic rings. The van der Waals surface area contributed by atoms with Gasteiger partial charge in [-0.25, -0.2) is 4.39 Å². The molecule has 0 aliphatic carbocycles. The van der Waals surface area contributed by atoms with Crippen molar-refractivity contribution in [2.75, 3.05) is 4.90 Å². The van der Waals surface area contributed by atoms with Gasteiger partial charge in [-0.3, -0.25) is 9.69 Å². The minimum Gasteiger partial charge on any atom is -0.280 e. The molecule has 5 heteroatoms. The first-order valence-electron chi connectivity index (χ1n) is 5.62. The Morgan fingerprint density at radius 1 is 1.05 bits per heavy atom. The van der Waals surface area contributed by atoms with Gasteiger partial charge in [0, 0.05) is 10.0 Å². The van der Waals surface area contributed by atoms with E-state index in [-0.39, 0.29) is 18.1 Å². The lowest BCUT2D eigenvalue weighted by atomic mass is 10.1. The summed E-state index contributed by atoms with van der Waals surface area (Å²) < 4.78 is 13.2. The minimum absolute atomic E-state index is 0.126. The molecule has 3 rings (SSSR count). The van der Waals surface area contributed by atoms with Crippen LogP contribution >= 0.6 is 23.2 Å². The average Bonchev–Trinajstić information content (AvgIpc) is 2.62. The maximum atomic E-state index is 13.2. The second kappa shape index (κ2) is 4.51. The Morgan fingerprint density at radius 3 is 2.42 bits per heavy atom. The summed E-state index contributed by atoms with van der Waals surface area (Å²) in [5.41, 5.74) is 1.93. The Bertz CT molecular complexity index is 667. The number of hydrogen-bond acceptors (Lipinski definition) is 1. The average molecular weight is 296 g/mol. The highest BCUT2D eigenvalue weighted by Crippen LogP contribution is 2.37. The first-order chi connectivity index (χ1) is 9.04. The van der Waals surface area contributed by atoms with Crippen molar-refractivity contribution in [3.05, 3.63) is 57.8 Å². The van der Waals surface area contributed by atoms with Crippen molar-refractivity contribution in [1.82, 2.24) is 0 Å². The molecule has 0 radical (unpaired) electrons. The van der Waals surface area contributed by atoms with Crippen molar-refractivity contribution in [3.63, 3.8) is 0 Å². The number of anilines is 2. The third-order valence-corrected chi connectivity index (χ3v) is 3.42. The number of fused-ring (bicyclic) bond motifs is 1. The lowest BCUT2D eigenvalue weighted by Crippen LogP contribution is -2.20. The van der Waals surface area contributed by atoms with Crippen LogP contribution in [0.25, 0.3) is 0 Å². The smallest absolute Gasteiger partial charge is 0.236 e. The summed E-state index contributed by atoms with van der Waals surface area (Å²) in [6.45, 7) is 0. The topological polar surface area (TPSA) is 20.3 Å². The molecule has 0 saturated heterocycles. The molecule has 96 valence electrons. The van der Waals surface area contributed by atoms with Gasteiger partial charge in [-0.15, -0.1) is 0 Å². The van der Waals surface area contributed by atoms with Crippen molar-refractivity contribution in [2.24, 2.45) is 0 Å². The highest BCUT2D eigenvalue weighted by atomic mass is 35.5. The van der Waals surface area contributed by atoms with E-state index in [1.165, 1.54) is 17.0 Å². The van der Waals surface area contributed by atoms with E-state index in [0.717, 1.165) is 0 Å². The molecule has 0 N–H and O–H groups in total. The van der Waals surface area contributed by atoms with Crippen molar-refractivity contribution < 1.29 is 9.18 Å².